The maximum absolute atomic E-state index is 12.0. The highest BCUT2D eigenvalue weighted by molar-refractivity contribution is 8.01. The van der Waals surface area contributed by atoms with Gasteiger partial charge in [0.25, 0.3) is 0 Å². The molecule has 2 aliphatic heterocycles. The Morgan fingerprint density at radius 2 is 2.11 bits per heavy atom. The van der Waals surface area contributed by atoms with Crippen LogP contribution in [0, 0.1) is 0 Å². The highest BCUT2D eigenvalue weighted by Crippen LogP contribution is 2.58. The molecule has 2 saturated heterocycles. The van der Waals surface area contributed by atoms with E-state index in [4.69, 9.17) is 5.73 Å². The van der Waals surface area contributed by atoms with E-state index in [-0.39, 0.29) is 11.3 Å². The molecule has 6 heteroatoms. The van der Waals surface area contributed by atoms with E-state index < -0.39 is 22.3 Å². The zero-order valence-corrected chi connectivity index (χ0v) is 12.5. The number of thioether (sulfide) groups is 1. The van der Waals surface area contributed by atoms with Gasteiger partial charge < -0.3 is 15.7 Å². The molecule has 0 radical (unpaired) electrons. The van der Waals surface area contributed by atoms with Gasteiger partial charge in [-0.3, -0.25) is 4.79 Å². The van der Waals surface area contributed by atoms with Gasteiger partial charge in [0.2, 0.25) is 5.91 Å². The number of β-lactam (4-membered cyclic amide) rings is 1. The summed E-state index contributed by atoms with van der Waals surface area (Å²) in [4.78, 5) is 25.5. The van der Waals surface area contributed by atoms with Gasteiger partial charge in [-0.05, 0) is 20.3 Å². The molecule has 0 saturated carbocycles. The van der Waals surface area contributed by atoms with E-state index in [2.05, 4.69) is 6.92 Å². The van der Waals surface area contributed by atoms with E-state index in [1.165, 1.54) is 16.7 Å². The predicted molar refractivity (Wildman–Crippen MR) is 74.8 cm³/mol. The van der Waals surface area contributed by atoms with Crippen molar-refractivity contribution in [2.24, 2.45) is 5.73 Å². The third kappa shape index (κ3) is 1.80. The van der Waals surface area contributed by atoms with Crippen molar-refractivity contribution in [1.29, 1.82) is 0 Å². The number of rotatable bonds is 5. The summed E-state index contributed by atoms with van der Waals surface area (Å²) in [7, 11) is 0. The molecule has 1 amide bonds. The number of hydrogen-bond donors (Lipinski definition) is 2. The van der Waals surface area contributed by atoms with Crippen LogP contribution in [0.1, 0.15) is 46.5 Å². The van der Waals surface area contributed by atoms with Crippen LogP contribution in [0.25, 0.3) is 0 Å². The summed E-state index contributed by atoms with van der Waals surface area (Å²) in [6, 6.07) is -0.545. The van der Waals surface area contributed by atoms with Gasteiger partial charge in [-0.25, -0.2) is 4.79 Å². The Hall–Kier alpha value is -0.750. The van der Waals surface area contributed by atoms with Crippen LogP contribution in [0.2, 0.25) is 0 Å². The molecule has 5 nitrogen and oxygen atoms in total. The summed E-state index contributed by atoms with van der Waals surface area (Å²) >= 11 is 1.52. The number of carboxylic acid groups (broad SMARTS) is 1. The first kappa shape index (κ1) is 14.7. The fourth-order valence-corrected chi connectivity index (χ4v) is 4.97. The second kappa shape index (κ2) is 4.66. The van der Waals surface area contributed by atoms with Gasteiger partial charge in [-0.1, -0.05) is 26.2 Å². The van der Waals surface area contributed by atoms with E-state index in [1.807, 2.05) is 13.8 Å². The van der Waals surface area contributed by atoms with Crippen molar-refractivity contribution in [2.75, 3.05) is 0 Å². The summed E-state index contributed by atoms with van der Waals surface area (Å²) in [6.07, 6.45) is 3.33. The summed E-state index contributed by atoms with van der Waals surface area (Å²) in [6.45, 7) is 5.90. The summed E-state index contributed by atoms with van der Waals surface area (Å²) in [5.74, 6) is -1.12. The van der Waals surface area contributed by atoms with Crippen molar-refractivity contribution in [1.82, 2.24) is 4.90 Å². The molecule has 2 rings (SSSR count). The Morgan fingerprint density at radius 3 is 2.63 bits per heavy atom. The summed E-state index contributed by atoms with van der Waals surface area (Å²) < 4.78 is -0.513. The molecule has 0 aromatic heterocycles. The lowest BCUT2D eigenvalue weighted by Gasteiger charge is -2.49. The Balaban J connectivity index is 2.34. The minimum Gasteiger partial charge on any atom is -0.479 e. The van der Waals surface area contributed by atoms with Crippen LogP contribution in [0.3, 0.4) is 0 Å². The summed E-state index contributed by atoms with van der Waals surface area (Å²) in [5.41, 5.74) is 4.69. The Morgan fingerprint density at radius 1 is 1.47 bits per heavy atom. The number of unbranched alkanes of at least 4 members (excludes halogenated alkanes) is 2. The molecular formula is C13H22N2O3S. The molecule has 108 valence electrons. The minimum absolute atomic E-state index is 0.180. The van der Waals surface area contributed by atoms with Crippen molar-refractivity contribution in [3.63, 3.8) is 0 Å². The van der Waals surface area contributed by atoms with Crippen molar-refractivity contribution in [2.45, 2.75) is 68.2 Å². The average Bonchev–Trinajstić information content (AvgIpc) is 2.56. The van der Waals surface area contributed by atoms with Crippen LogP contribution in [0.4, 0.5) is 0 Å². The van der Waals surface area contributed by atoms with Gasteiger partial charge in [0, 0.05) is 4.75 Å². The standard InChI is InChI=1S/C13H22N2O3S/c1-4-5-6-7-13(11(17)18)12(2,3)19-10-8(14)9(16)15(10)13/h8,10H,4-7,14H2,1-3H3,(H,17,18)/t8?,10-,13+/m1/s1. The number of nitrogens with two attached hydrogens (primary N) is 1. The zero-order valence-electron chi connectivity index (χ0n) is 11.7. The maximum Gasteiger partial charge on any atom is 0.331 e. The van der Waals surface area contributed by atoms with E-state index in [1.54, 1.807) is 0 Å². The fourth-order valence-electron chi connectivity index (χ4n) is 3.23. The van der Waals surface area contributed by atoms with Crippen molar-refractivity contribution in [3.05, 3.63) is 0 Å². The molecule has 2 heterocycles. The van der Waals surface area contributed by atoms with Gasteiger partial charge in [-0.15, -0.1) is 11.8 Å². The topological polar surface area (TPSA) is 83.6 Å². The SMILES string of the molecule is CCCCC[C@@]1(C(=O)O)N2C(=O)C(N)[C@H]2SC1(C)C. The molecule has 3 atom stereocenters. The van der Waals surface area contributed by atoms with Crippen molar-refractivity contribution in [3.8, 4) is 0 Å². The molecule has 0 aliphatic carbocycles. The summed E-state index contributed by atoms with van der Waals surface area (Å²) in [5, 5.41) is 9.60. The first-order chi connectivity index (χ1) is 8.79. The maximum atomic E-state index is 12.0. The van der Waals surface area contributed by atoms with Crippen molar-refractivity contribution < 1.29 is 14.7 Å². The molecule has 0 spiro atoms. The fraction of sp³-hybridized carbons (Fsp3) is 0.846. The number of amides is 1. The lowest BCUT2D eigenvalue weighted by Crippen LogP contribution is -2.74. The van der Waals surface area contributed by atoms with Crippen LogP contribution in [-0.4, -0.2) is 43.6 Å². The van der Waals surface area contributed by atoms with Gasteiger partial charge in [0.05, 0.1) is 0 Å². The van der Waals surface area contributed by atoms with Crippen LogP contribution >= 0.6 is 11.8 Å². The molecule has 19 heavy (non-hydrogen) atoms. The van der Waals surface area contributed by atoms with Crippen molar-refractivity contribution >= 4 is 23.6 Å². The van der Waals surface area contributed by atoms with Crippen LogP contribution in [0.15, 0.2) is 0 Å². The van der Waals surface area contributed by atoms with E-state index >= 15 is 0 Å². The van der Waals surface area contributed by atoms with Crippen LogP contribution in [-0.2, 0) is 9.59 Å². The van der Waals surface area contributed by atoms with E-state index in [0.29, 0.717) is 6.42 Å². The van der Waals surface area contributed by atoms with Crippen LogP contribution in [0.5, 0.6) is 0 Å². The smallest absolute Gasteiger partial charge is 0.331 e. The monoisotopic (exact) mass is 286 g/mol. The lowest BCUT2D eigenvalue weighted by molar-refractivity contribution is -0.170. The highest BCUT2D eigenvalue weighted by Gasteiger charge is 2.71. The number of aliphatic carboxylic acids is 1. The zero-order chi connectivity index (χ0) is 14.4. The number of carbonyl (C=O) groups is 2. The van der Waals surface area contributed by atoms with Gasteiger partial charge in [0.15, 0.2) is 5.54 Å². The van der Waals surface area contributed by atoms with E-state index in [9.17, 15) is 14.7 Å². The molecule has 0 aromatic rings. The number of carbonyl (C=O) groups excluding carboxylic acids is 1. The average molecular weight is 286 g/mol. The molecule has 2 fully saturated rings. The molecule has 0 aromatic carbocycles. The quantitative estimate of drug-likeness (QED) is 0.590. The lowest BCUT2D eigenvalue weighted by atomic mass is 9.77. The number of carboxylic acids is 1. The normalized spacial score (nSPS) is 36.0. The number of fused-ring (bicyclic) bond motifs is 1. The molecule has 2 aliphatic rings. The van der Waals surface area contributed by atoms with Gasteiger partial charge in [0.1, 0.15) is 11.4 Å². The third-order valence-corrected chi connectivity index (χ3v) is 6.08. The Bertz CT molecular complexity index is 413. The second-order valence-corrected chi connectivity index (χ2v) is 7.61. The Labute approximate surface area is 117 Å². The third-order valence-electron chi connectivity index (χ3n) is 4.40. The van der Waals surface area contributed by atoms with Gasteiger partial charge >= 0.3 is 5.97 Å². The molecule has 3 N–H and O–H groups in total. The Kier molecular flexibility index (Phi) is 3.60. The molecule has 0 bridgehead atoms. The molecule has 1 unspecified atom stereocenters. The number of nitrogens with zero attached hydrogens (tertiary/aromatic N) is 1. The van der Waals surface area contributed by atoms with E-state index in [0.717, 1.165) is 19.3 Å². The van der Waals surface area contributed by atoms with Gasteiger partial charge in [-0.2, -0.15) is 0 Å². The second-order valence-electron chi connectivity index (χ2n) is 5.88. The largest absolute Gasteiger partial charge is 0.479 e. The molecular weight excluding hydrogens is 264 g/mol. The van der Waals surface area contributed by atoms with Crippen LogP contribution < -0.4 is 5.73 Å². The minimum atomic E-state index is -1.11. The highest BCUT2D eigenvalue weighted by atomic mass is 32.2. The first-order valence-corrected chi connectivity index (χ1v) is 7.67. The number of hydrogen-bond acceptors (Lipinski definition) is 4. The first-order valence-electron chi connectivity index (χ1n) is 6.79. The predicted octanol–water partition coefficient (Wildman–Crippen LogP) is 1.41.